The number of rotatable bonds is 4. The molecule has 0 aromatic rings. The van der Waals surface area contributed by atoms with Gasteiger partial charge in [0.05, 0.1) is 25.4 Å². The van der Waals surface area contributed by atoms with Crippen LogP contribution in [0.25, 0.3) is 0 Å². The third-order valence-electron chi connectivity index (χ3n) is 2.56. The molecule has 1 heterocycles. The fourth-order valence-electron chi connectivity index (χ4n) is 2.42. The maximum absolute atomic E-state index is 5.96. The molecule has 0 atom stereocenters. The maximum Gasteiger partial charge on any atom is 0.0920 e. The largest absolute Gasteiger partial charge is 0.376 e. The van der Waals surface area contributed by atoms with Crippen LogP contribution in [0.4, 0.5) is 0 Å². The van der Waals surface area contributed by atoms with Crippen LogP contribution in [0.2, 0.25) is 0 Å². The summed E-state index contributed by atoms with van der Waals surface area (Å²) in [6.45, 7) is 11.3. The highest BCUT2D eigenvalue weighted by molar-refractivity contribution is 4.85. The van der Waals surface area contributed by atoms with Crippen LogP contribution < -0.4 is 0 Å². The summed E-state index contributed by atoms with van der Waals surface area (Å²) in [4.78, 5) is 0. The van der Waals surface area contributed by atoms with Crippen molar-refractivity contribution in [1.82, 2.24) is 0 Å². The number of ether oxygens (including phenoxy) is 2. The predicted molar refractivity (Wildman–Crippen MR) is 58.4 cm³/mol. The second-order valence-electron chi connectivity index (χ2n) is 5.28. The first-order chi connectivity index (χ1) is 6.54. The van der Waals surface area contributed by atoms with Crippen molar-refractivity contribution < 1.29 is 9.47 Å². The zero-order chi connectivity index (χ0) is 10.6. The van der Waals surface area contributed by atoms with E-state index in [0.29, 0.717) is 11.8 Å². The van der Waals surface area contributed by atoms with Crippen LogP contribution in [0.5, 0.6) is 0 Å². The lowest BCUT2D eigenvalue weighted by Gasteiger charge is -2.39. The lowest BCUT2D eigenvalue weighted by molar-refractivity contribution is -0.172. The van der Waals surface area contributed by atoms with Gasteiger partial charge >= 0.3 is 0 Å². The molecule has 0 bridgehead atoms. The molecule has 0 N–H and O–H groups in total. The Balaban J connectivity index is 2.57. The third-order valence-corrected chi connectivity index (χ3v) is 2.56. The molecule has 0 unspecified atom stereocenters. The van der Waals surface area contributed by atoms with E-state index in [9.17, 15) is 0 Å². The highest BCUT2D eigenvalue weighted by Gasteiger charge is 2.35. The Bertz CT molecular complexity index is 146. The van der Waals surface area contributed by atoms with Gasteiger partial charge in [0, 0.05) is 0 Å². The molecule has 0 amide bonds. The molecule has 14 heavy (non-hydrogen) atoms. The predicted octanol–water partition coefficient (Wildman–Crippen LogP) is 2.86. The molecule has 2 heteroatoms. The fraction of sp³-hybridized carbons (Fsp3) is 1.00. The van der Waals surface area contributed by atoms with E-state index in [1.807, 2.05) is 0 Å². The van der Waals surface area contributed by atoms with Crippen molar-refractivity contribution >= 4 is 0 Å². The van der Waals surface area contributed by atoms with E-state index in [0.717, 1.165) is 32.7 Å². The molecule has 2 nitrogen and oxygen atoms in total. The molecule has 1 saturated heterocycles. The van der Waals surface area contributed by atoms with Crippen molar-refractivity contribution in [3.8, 4) is 0 Å². The molecule has 1 fully saturated rings. The highest BCUT2D eigenvalue weighted by Crippen LogP contribution is 2.31. The van der Waals surface area contributed by atoms with Gasteiger partial charge in [0.2, 0.25) is 0 Å². The Morgan fingerprint density at radius 1 is 1.00 bits per heavy atom. The van der Waals surface area contributed by atoms with E-state index in [4.69, 9.17) is 9.47 Å². The quantitative estimate of drug-likeness (QED) is 0.694. The SMILES string of the molecule is CC(C)CC1(CC(C)C)COCCO1. The van der Waals surface area contributed by atoms with Gasteiger partial charge in [0.15, 0.2) is 0 Å². The average Bonchev–Trinajstić information content (AvgIpc) is 2.01. The molecule has 0 radical (unpaired) electrons. The van der Waals surface area contributed by atoms with Gasteiger partial charge in [-0.1, -0.05) is 27.7 Å². The number of hydrogen-bond donors (Lipinski definition) is 0. The molecular weight excluding hydrogens is 176 g/mol. The third kappa shape index (κ3) is 3.58. The Morgan fingerprint density at radius 3 is 1.93 bits per heavy atom. The van der Waals surface area contributed by atoms with Gasteiger partial charge in [-0.05, 0) is 24.7 Å². The molecular formula is C12H24O2. The Hall–Kier alpha value is -0.0800. The summed E-state index contributed by atoms with van der Waals surface area (Å²) in [5.41, 5.74) is 0.000579. The highest BCUT2D eigenvalue weighted by atomic mass is 16.6. The van der Waals surface area contributed by atoms with Gasteiger partial charge in [-0.25, -0.2) is 0 Å². The first kappa shape index (κ1) is 12.0. The Morgan fingerprint density at radius 2 is 1.57 bits per heavy atom. The second-order valence-corrected chi connectivity index (χ2v) is 5.28. The minimum absolute atomic E-state index is 0.000579. The van der Waals surface area contributed by atoms with Gasteiger partial charge in [-0.2, -0.15) is 0 Å². The molecule has 1 aliphatic rings. The summed E-state index contributed by atoms with van der Waals surface area (Å²) in [5, 5.41) is 0. The average molecular weight is 200 g/mol. The summed E-state index contributed by atoms with van der Waals surface area (Å²) in [7, 11) is 0. The maximum atomic E-state index is 5.96. The molecule has 0 aliphatic carbocycles. The molecule has 84 valence electrons. The van der Waals surface area contributed by atoms with Crippen molar-refractivity contribution in [1.29, 1.82) is 0 Å². The van der Waals surface area contributed by atoms with E-state index in [2.05, 4.69) is 27.7 Å². The first-order valence-electron chi connectivity index (χ1n) is 5.76. The summed E-state index contributed by atoms with van der Waals surface area (Å²) in [6, 6.07) is 0. The van der Waals surface area contributed by atoms with Crippen molar-refractivity contribution in [3.63, 3.8) is 0 Å². The van der Waals surface area contributed by atoms with Crippen LogP contribution in [0.15, 0.2) is 0 Å². The lowest BCUT2D eigenvalue weighted by Crippen LogP contribution is -2.45. The van der Waals surface area contributed by atoms with Crippen molar-refractivity contribution in [3.05, 3.63) is 0 Å². The van der Waals surface area contributed by atoms with Crippen LogP contribution in [0.1, 0.15) is 40.5 Å². The van der Waals surface area contributed by atoms with E-state index < -0.39 is 0 Å². The van der Waals surface area contributed by atoms with E-state index in [1.54, 1.807) is 0 Å². The molecule has 1 rings (SSSR count). The van der Waals surface area contributed by atoms with Gasteiger partial charge in [-0.3, -0.25) is 0 Å². The molecule has 0 saturated carbocycles. The first-order valence-corrected chi connectivity index (χ1v) is 5.76. The Kier molecular flexibility index (Phi) is 4.39. The minimum atomic E-state index is 0.000579. The summed E-state index contributed by atoms with van der Waals surface area (Å²) >= 11 is 0. The van der Waals surface area contributed by atoms with Crippen LogP contribution in [0, 0.1) is 11.8 Å². The van der Waals surface area contributed by atoms with Gasteiger partial charge < -0.3 is 9.47 Å². The van der Waals surface area contributed by atoms with Crippen LogP contribution in [-0.2, 0) is 9.47 Å². The molecule has 0 spiro atoms. The van der Waals surface area contributed by atoms with E-state index >= 15 is 0 Å². The van der Waals surface area contributed by atoms with Gasteiger partial charge in [0.25, 0.3) is 0 Å². The normalized spacial score (nSPS) is 21.9. The van der Waals surface area contributed by atoms with Gasteiger partial charge in [-0.15, -0.1) is 0 Å². The zero-order valence-corrected chi connectivity index (χ0v) is 10.0. The summed E-state index contributed by atoms with van der Waals surface area (Å²) in [5.74, 6) is 1.35. The Labute approximate surface area is 88.0 Å². The van der Waals surface area contributed by atoms with Crippen molar-refractivity contribution in [2.24, 2.45) is 11.8 Å². The van der Waals surface area contributed by atoms with E-state index in [-0.39, 0.29) is 5.60 Å². The van der Waals surface area contributed by atoms with Crippen LogP contribution in [-0.4, -0.2) is 25.4 Å². The van der Waals surface area contributed by atoms with Crippen LogP contribution in [0.3, 0.4) is 0 Å². The van der Waals surface area contributed by atoms with Gasteiger partial charge in [0.1, 0.15) is 0 Å². The smallest absolute Gasteiger partial charge is 0.0920 e. The van der Waals surface area contributed by atoms with E-state index in [1.165, 1.54) is 0 Å². The summed E-state index contributed by atoms with van der Waals surface area (Å²) in [6.07, 6.45) is 2.23. The fourth-order valence-corrected chi connectivity index (χ4v) is 2.42. The number of hydrogen-bond acceptors (Lipinski definition) is 2. The monoisotopic (exact) mass is 200 g/mol. The molecule has 0 aromatic heterocycles. The molecule has 0 aromatic carbocycles. The van der Waals surface area contributed by atoms with Crippen molar-refractivity contribution in [2.75, 3.05) is 19.8 Å². The molecule has 1 aliphatic heterocycles. The van der Waals surface area contributed by atoms with Crippen molar-refractivity contribution in [2.45, 2.75) is 46.1 Å². The topological polar surface area (TPSA) is 18.5 Å². The standard InChI is InChI=1S/C12H24O2/c1-10(2)7-12(8-11(3)4)9-13-5-6-14-12/h10-11H,5-9H2,1-4H3. The second kappa shape index (κ2) is 5.13. The lowest BCUT2D eigenvalue weighted by atomic mass is 9.85. The minimum Gasteiger partial charge on any atom is -0.376 e. The van der Waals surface area contributed by atoms with Crippen LogP contribution >= 0.6 is 0 Å². The summed E-state index contributed by atoms with van der Waals surface area (Å²) < 4.78 is 11.5. The zero-order valence-electron chi connectivity index (χ0n) is 10.0.